The van der Waals surface area contributed by atoms with Gasteiger partial charge in [-0.15, -0.1) is 0 Å². The number of anilines is 1. The van der Waals surface area contributed by atoms with Crippen LogP contribution in [0.1, 0.15) is 19.4 Å². The molecule has 0 saturated carbocycles. The molecule has 2 atom stereocenters. The van der Waals surface area contributed by atoms with Crippen LogP contribution in [0.3, 0.4) is 0 Å². The predicted molar refractivity (Wildman–Crippen MR) is 125 cm³/mol. The van der Waals surface area contributed by atoms with E-state index in [0.29, 0.717) is 17.7 Å². The SMILES string of the molecule is CCOC(=O)[C@@H](C)N[P@](=O)(COCCn1cnc2c(OC)nc(N)nc21)OCc1ccccc1. The standard InChI is InChI=1S/C21H29N6O6P/c1-4-32-20(28)15(2)26-34(29,33-12-16-8-6-5-7-9-16)14-31-11-10-27-13-23-17-18(27)24-21(22)25-19(17)30-3/h5-9,13,15H,4,10-12,14H2,1-3H3,(H,26,29)(H2,22,24,25)/t15-,34+/m1/s1. The minimum Gasteiger partial charge on any atom is -0.479 e. The van der Waals surface area contributed by atoms with Crippen LogP contribution in [-0.2, 0) is 36.5 Å². The van der Waals surface area contributed by atoms with Gasteiger partial charge >= 0.3 is 5.97 Å². The van der Waals surface area contributed by atoms with Gasteiger partial charge in [0.25, 0.3) is 7.52 Å². The van der Waals surface area contributed by atoms with Gasteiger partial charge < -0.3 is 29.0 Å². The zero-order valence-electron chi connectivity index (χ0n) is 19.3. The van der Waals surface area contributed by atoms with Crippen LogP contribution in [0.2, 0.25) is 0 Å². The Hall–Kier alpha value is -3.05. The molecule has 184 valence electrons. The fourth-order valence-corrected chi connectivity index (χ4v) is 4.71. The van der Waals surface area contributed by atoms with E-state index in [1.165, 1.54) is 7.11 Å². The number of hydrogen-bond acceptors (Lipinski definition) is 10. The van der Waals surface area contributed by atoms with Gasteiger partial charge in [-0.25, -0.2) is 10.1 Å². The Balaban J connectivity index is 1.64. The van der Waals surface area contributed by atoms with Gasteiger partial charge in [0.2, 0.25) is 11.8 Å². The van der Waals surface area contributed by atoms with Gasteiger partial charge in [-0.2, -0.15) is 9.97 Å². The molecular weight excluding hydrogens is 463 g/mol. The van der Waals surface area contributed by atoms with E-state index in [-0.39, 0.29) is 38.0 Å². The van der Waals surface area contributed by atoms with Crippen molar-refractivity contribution in [1.82, 2.24) is 24.6 Å². The van der Waals surface area contributed by atoms with Gasteiger partial charge in [0, 0.05) is 6.54 Å². The molecule has 0 fully saturated rings. The molecule has 0 bridgehead atoms. The van der Waals surface area contributed by atoms with Crippen molar-refractivity contribution in [1.29, 1.82) is 0 Å². The number of benzene rings is 1. The molecule has 3 aromatic rings. The maximum atomic E-state index is 13.5. The highest BCUT2D eigenvalue weighted by Crippen LogP contribution is 2.44. The monoisotopic (exact) mass is 492 g/mol. The van der Waals surface area contributed by atoms with E-state index >= 15 is 0 Å². The summed E-state index contributed by atoms with van der Waals surface area (Å²) in [7, 11) is -2.08. The minimum absolute atomic E-state index is 0.0583. The summed E-state index contributed by atoms with van der Waals surface area (Å²) in [5.41, 5.74) is 7.54. The molecule has 2 heterocycles. The number of hydrogen-bond donors (Lipinski definition) is 2. The van der Waals surface area contributed by atoms with Crippen molar-refractivity contribution < 1.29 is 28.1 Å². The van der Waals surface area contributed by atoms with Crippen LogP contribution in [0.25, 0.3) is 11.2 Å². The molecule has 0 amide bonds. The molecule has 0 aliphatic rings. The highest BCUT2D eigenvalue weighted by Gasteiger charge is 2.29. The summed E-state index contributed by atoms with van der Waals surface area (Å²) in [6.45, 7) is 4.09. The molecule has 0 saturated heterocycles. The quantitative estimate of drug-likeness (QED) is 0.205. The average Bonchev–Trinajstić information content (AvgIpc) is 3.23. The number of aromatic nitrogens is 4. The van der Waals surface area contributed by atoms with Gasteiger partial charge in [-0.05, 0) is 19.4 Å². The number of fused-ring (bicyclic) bond motifs is 1. The number of esters is 1. The summed E-state index contributed by atoms with van der Waals surface area (Å²) >= 11 is 0. The number of carbonyl (C=O) groups is 1. The highest BCUT2D eigenvalue weighted by atomic mass is 31.2. The predicted octanol–water partition coefficient (Wildman–Crippen LogP) is 2.34. The molecule has 1 aromatic carbocycles. The number of rotatable bonds is 13. The Morgan fingerprint density at radius 1 is 1.26 bits per heavy atom. The van der Waals surface area contributed by atoms with Gasteiger partial charge in [0.05, 0.1) is 33.3 Å². The fraction of sp³-hybridized carbons (Fsp3) is 0.429. The van der Waals surface area contributed by atoms with Crippen LogP contribution >= 0.6 is 7.52 Å². The van der Waals surface area contributed by atoms with Crippen molar-refractivity contribution in [3.8, 4) is 5.88 Å². The Labute approximate surface area is 197 Å². The second-order valence-corrected chi connectivity index (χ2v) is 9.40. The van der Waals surface area contributed by atoms with Gasteiger partial charge in [0.1, 0.15) is 12.4 Å². The first-order valence-electron chi connectivity index (χ1n) is 10.7. The molecular formula is C21H29N6O6P. The second kappa shape index (κ2) is 11.9. The number of ether oxygens (including phenoxy) is 3. The summed E-state index contributed by atoms with van der Waals surface area (Å²) in [5, 5.41) is 2.75. The third kappa shape index (κ3) is 6.73. The number of nitrogen functional groups attached to an aromatic ring is 1. The number of methoxy groups -OCH3 is 1. The zero-order valence-corrected chi connectivity index (χ0v) is 20.2. The Morgan fingerprint density at radius 3 is 2.74 bits per heavy atom. The normalized spacial score (nSPS) is 14.0. The number of imidazole rings is 1. The van der Waals surface area contributed by atoms with Crippen LogP contribution < -0.4 is 15.6 Å². The third-order valence-electron chi connectivity index (χ3n) is 4.69. The Morgan fingerprint density at radius 2 is 2.03 bits per heavy atom. The van der Waals surface area contributed by atoms with Crippen LogP contribution in [-0.4, -0.2) is 58.2 Å². The second-order valence-electron chi connectivity index (χ2n) is 7.27. The van der Waals surface area contributed by atoms with E-state index in [2.05, 4.69) is 20.0 Å². The van der Waals surface area contributed by atoms with Crippen molar-refractivity contribution in [2.45, 2.75) is 33.0 Å². The van der Waals surface area contributed by atoms with Crippen LogP contribution in [0.4, 0.5) is 5.95 Å². The van der Waals surface area contributed by atoms with Crippen molar-refractivity contribution >= 4 is 30.6 Å². The highest BCUT2D eigenvalue weighted by molar-refractivity contribution is 7.56. The number of carbonyl (C=O) groups excluding carboxylic acids is 1. The average molecular weight is 492 g/mol. The van der Waals surface area contributed by atoms with Crippen LogP contribution in [0, 0.1) is 0 Å². The lowest BCUT2D eigenvalue weighted by Gasteiger charge is -2.23. The summed E-state index contributed by atoms with van der Waals surface area (Å²) in [6, 6.07) is 8.46. The number of nitrogens with zero attached hydrogens (tertiary/aromatic N) is 4. The van der Waals surface area contributed by atoms with Crippen LogP contribution in [0.5, 0.6) is 5.88 Å². The Bertz CT molecular complexity index is 1140. The third-order valence-corrected chi connectivity index (χ3v) is 6.54. The number of nitrogens with two attached hydrogens (primary N) is 1. The van der Waals surface area contributed by atoms with Crippen molar-refractivity contribution in [2.24, 2.45) is 0 Å². The van der Waals surface area contributed by atoms with E-state index in [9.17, 15) is 9.36 Å². The largest absolute Gasteiger partial charge is 0.479 e. The lowest BCUT2D eigenvalue weighted by Crippen LogP contribution is -2.34. The zero-order chi connectivity index (χ0) is 24.6. The summed E-state index contributed by atoms with van der Waals surface area (Å²) in [4.78, 5) is 24.5. The maximum Gasteiger partial charge on any atom is 0.323 e. The first kappa shape index (κ1) is 25.6. The molecule has 0 spiro atoms. The molecule has 0 unspecified atom stereocenters. The Kier molecular flexibility index (Phi) is 8.94. The summed E-state index contributed by atoms with van der Waals surface area (Å²) in [6.07, 6.45) is 1.31. The molecule has 2 aromatic heterocycles. The van der Waals surface area contributed by atoms with Crippen molar-refractivity contribution in [2.75, 3.05) is 32.4 Å². The van der Waals surface area contributed by atoms with Crippen molar-refractivity contribution in [3.63, 3.8) is 0 Å². The maximum absolute atomic E-state index is 13.5. The molecule has 13 heteroatoms. The first-order chi connectivity index (χ1) is 16.3. The van der Waals surface area contributed by atoms with Crippen molar-refractivity contribution in [3.05, 3.63) is 42.2 Å². The first-order valence-corrected chi connectivity index (χ1v) is 12.5. The van der Waals surface area contributed by atoms with Crippen LogP contribution in [0.15, 0.2) is 36.7 Å². The smallest absolute Gasteiger partial charge is 0.323 e. The van der Waals surface area contributed by atoms with E-state index in [4.69, 9.17) is 24.5 Å². The lowest BCUT2D eigenvalue weighted by molar-refractivity contribution is -0.144. The minimum atomic E-state index is -3.56. The molecule has 0 radical (unpaired) electrons. The molecule has 0 aliphatic heterocycles. The molecule has 34 heavy (non-hydrogen) atoms. The van der Waals surface area contributed by atoms with Gasteiger partial charge in [0.15, 0.2) is 11.2 Å². The lowest BCUT2D eigenvalue weighted by atomic mass is 10.2. The number of nitrogens with one attached hydrogen (secondary N) is 1. The molecule has 3 N–H and O–H groups in total. The fourth-order valence-electron chi connectivity index (χ4n) is 3.07. The molecule has 0 aliphatic carbocycles. The topological polar surface area (TPSA) is 153 Å². The molecule has 12 nitrogen and oxygen atoms in total. The van der Waals surface area contributed by atoms with Gasteiger partial charge in [-0.1, -0.05) is 30.3 Å². The summed E-state index contributed by atoms with van der Waals surface area (Å²) < 4.78 is 36.8. The van der Waals surface area contributed by atoms with Gasteiger partial charge in [-0.3, -0.25) is 9.36 Å². The van der Waals surface area contributed by atoms with E-state index in [1.807, 2.05) is 30.3 Å². The summed E-state index contributed by atoms with van der Waals surface area (Å²) in [5.74, 6) is -0.191. The van der Waals surface area contributed by atoms with E-state index in [1.54, 1.807) is 24.7 Å². The van der Waals surface area contributed by atoms with E-state index < -0.39 is 19.5 Å². The van der Waals surface area contributed by atoms with E-state index in [0.717, 1.165) is 5.56 Å². The molecule has 3 rings (SSSR count).